The molecule has 1 N–H and O–H groups in total. The Morgan fingerprint density at radius 3 is 2.88 bits per heavy atom. The van der Waals surface area contributed by atoms with Crippen LogP contribution in [0.25, 0.3) is 12.7 Å². The maximum Gasteiger partial charge on any atom is 0.365 e. The highest BCUT2D eigenvalue weighted by Crippen LogP contribution is 2.32. The van der Waals surface area contributed by atoms with Gasteiger partial charge in [-0.15, -0.1) is 0 Å². The van der Waals surface area contributed by atoms with Gasteiger partial charge in [0, 0.05) is 0 Å². The Hall–Kier alpha value is -2.43. The summed E-state index contributed by atoms with van der Waals surface area (Å²) in [6, 6.07) is 5.43. The normalized spacial score (nSPS) is 14.2. The Morgan fingerprint density at radius 1 is 1.29 bits per heavy atom. The van der Waals surface area contributed by atoms with Crippen LogP contribution in [-0.2, 0) is 0 Å². The van der Waals surface area contributed by atoms with Gasteiger partial charge < -0.3 is 14.0 Å². The Kier molecular flexibility index (Phi) is 2.04. The van der Waals surface area contributed by atoms with E-state index in [0.717, 1.165) is 5.56 Å². The van der Waals surface area contributed by atoms with Gasteiger partial charge in [-0.3, -0.25) is 0 Å². The van der Waals surface area contributed by atoms with Crippen LogP contribution >= 0.6 is 0 Å². The van der Waals surface area contributed by atoms with E-state index in [1.54, 1.807) is 18.2 Å². The number of hydrogen-bond acceptors (Lipinski definition) is 4. The van der Waals surface area contributed by atoms with E-state index in [0.29, 0.717) is 22.1 Å². The molecule has 1 aliphatic heterocycles. The van der Waals surface area contributed by atoms with Crippen molar-refractivity contribution in [2.75, 3.05) is 6.79 Å². The van der Waals surface area contributed by atoms with Gasteiger partial charge in [-0.05, 0) is 23.8 Å². The lowest BCUT2D eigenvalue weighted by Gasteiger charge is -1.96. The molecular formula is C12H9NO4. The fraction of sp³-hybridized carbons (Fsp3) is 0.0833. The highest BCUT2D eigenvalue weighted by molar-refractivity contribution is 5.56. The van der Waals surface area contributed by atoms with Crippen molar-refractivity contribution in [3.05, 3.63) is 44.8 Å². The van der Waals surface area contributed by atoms with Crippen molar-refractivity contribution in [1.82, 2.24) is 5.16 Å². The number of rotatable bonds is 1. The van der Waals surface area contributed by atoms with Crippen LogP contribution in [0.4, 0.5) is 0 Å². The zero-order valence-corrected chi connectivity index (χ0v) is 8.86. The van der Waals surface area contributed by atoms with E-state index in [4.69, 9.17) is 9.47 Å². The summed E-state index contributed by atoms with van der Waals surface area (Å²) in [6.45, 7) is 3.90. The summed E-state index contributed by atoms with van der Waals surface area (Å²) >= 11 is 0. The lowest BCUT2D eigenvalue weighted by atomic mass is 10.2. The second kappa shape index (κ2) is 3.55. The van der Waals surface area contributed by atoms with Crippen LogP contribution in [0.5, 0.6) is 11.5 Å². The van der Waals surface area contributed by atoms with E-state index in [9.17, 15) is 4.79 Å². The molecule has 0 aliphatic carbocycles. The van der Waals surface area contributed by atoms with E-state index in [1.165, 1.54) is 0 Å². The average molecular weight is 231 g/mol. The van der Waals surface area contributed by atoms with E-state index < -0.39 is 5.63 Å². The summed E-state index contributed by atoms with van der Waals surface area (Å²) in [5.41, 5.74) is 0.388. The molecule has 17 heavy (non-hydrogen) atoms. The van der Waals surface area contributed by atoms with Crippen molar-refractivity contribution in [2.45, 2.75) is 0 Å². The number of fused-ring (bicyclic) bond motifs is 1. The molecule has 5 nitrogen and oxygen atoms in total. The van der Waals surface area contributed by atoms with Crippen LogP contribution in [0, 0.1) is 0 Å². The molecule has 1 aromatic heterocycles. The fourth-order valence-corrected chi connectivity index (χ4v) is 1.66. The summed E-state index contributed by atoms with van der Waals surface area (Å²) in [4.78, 5) is 11.4. The monoisotopic (exact) mass is 231 g/mol. The van der Waals surface area contributed by atoms with Crippen LogP contribution in [0.3, 0.4) is 0 Å². The topological polar surface area (TPSA) is 64.5 Å². The molecule has 3 rings (SSSR count). The second-order valence-corrected chi connectivity index (χ2v) is 3.64. The van der Waals surface area contributed by atoms with E-state index in [2.05, 4.69) is 16.3 Å². The second-order valence-electron chi connectivity index (χ2n) is 3.64. The van der Waals surface area contributed by atoms with Crippen molar-refractivity contribution < 1.29 is 14.0 Å². The van der Waals surface area contributed by atoms with Crippen LogP contribution < -0.4 is 25.7 Å². The van der Waals surface area contributed by atoms with Gasteiger partial charge in [0.2, 0.25) is 6.79 Å². The van der Waals surface area contributed by atoms with E-state index in [-0.39, 0.29) is 6.79 Å². The lowest BCUT2D eigenvalue weighted by Crippen LogP contribution is -2.31. The summed E-state index contributed by atoms with van der Waals surface area (Å²) in [7, 11) is 0. The Labute approximate surface area is 95.6 Å². The molecule has 0 bridgehead atoms. The molecule has 0 atom stereocenters. The van der Waals surface area contributed by atoms with Gasteiger partial charge >= 0.3 is 5.63 Å². The van der Waals surface area contributed by atoms with Crippen molar-refractivity contribution in [3.63, 3.8) is 0 Å². The number of H-pyrrole nitrogens is 1. The Balaban J connectivity index is 2.16. The van der Waals surface area contributed by atoms with Gasteiger partial charge in [-0.1, -0.05) is 12.6 Å². The predicted octanol–water partition coefficient (Wildman–Crippen LogP) is -0.0643. The van der Waals surface area contributed by atoms with E-state index in [1.807, 2.05) is 6.07 Å². The first-order valence-corrected chi connectivity index (χ1v) is 5.02. The fourth-order valence-electron chi connectivity index (χ4n) is 1.66. The third-order valence-electron chi connectivity index (χ3n) is 2.52. The van der Waals surface area contributed by atoms with Crippen LogP contribution in [-0.4, -0.2) is 11.9 Å². The highest BCUT2D eigenvalue weighted by atomic mass is 16.7. The molecule has 86 valence electrons. The number of ether oxygens (including phenoxy) is 2. The summed E-state index contributed by atoms with van der Waals surface area (Å²) in [5.74, 6) is 1.38. The van der Waals surface area contributed by atoms with Gasteiger partial charge in [0.1, 0.15) is 0 Å². The van der Waals surface area contributed by atoms with Crippen LogP contribution in [0.15, 0.2) is 27.5 Å². The summed E-state index contributed by atoms with van der Waals surface area (Å²) in [5, 5.41) is 3.28. The zero-order valence-electron chi connectivity index (χ0n) is 8.86. The third-order valence-corrected chi connectivity index (χ3v) is 2.52. The first-order chi connectivity index (χ1) is 8.24. The van der Waals surface area contributed by atoms with Crippen molar-refractivity contribution in [3.8, 4) is 11.5 Å². The zero-order chi connectivity index (χ0) is 11.8. The van der Waals surface area contributed by atoms with Crippen molar-refractivity contribution in [2.24, 2.45) is 0 Å². The predicted molar refractivity (Wildman–Crippen MR) is 60.2 cm³/mol. The Morgan fingerprint density at radius 2 is 2.12 bits per heavy atom. The van der Waals surface area contributed by atoms with Crippen LogP contribution in [0.1, 0.15) is 5.56 Å². The molecule has 1 aliphatic rings. The summed E-state index contributed by atoms with van der Waals surface area (Å²) < 4.78 is 15.1. The molecule has 1 aromatic carbocycles. The molecule has 0 unspecified atom stereocenters. The van der Waals surface area contributed by atoms with Crippen LogP contribution in [0.2, 0.25) is 0 Å². The van der Waals surface area contributed by atoms with Gasteiger partial charge in [-0.2, -0.15) is 0 Å². The third kappa shape index (κ3) is 1.61. The number of aromatic nitrogens is 1. The quantitative estimate of drug-likeness (QED) is 0.746. The number of benzene rings is 1. The number of aromatic amines is 1. The van der Waals surface area contributed by atoms with Gasteiger partial charge in [0.25, 0.3) is 0 Å². The van der Waals surface area contributed by atoms with Gasteiger partial charge in [0.15, 0.2) is 11.5 Å². The highest BCUT2D eigenvalue weighted by Gasteiger charge is 2.12. The van der Waals surface area contributed by atoms with Gasteiger partial charge in [-0.25, -0.2) is 9.95 Å². The number of hydrogen-bond donors (Lipinski definition) is 1. The first-order valence-electron chi connectivity index (χ1n) is 5.02. The minimum absolute atomic E-state index is 0.228. The maximum absolute atomic E-state index is 11.4. The minimum atomic E-state index is -0.437. The average Bonchev–Trinajstić information content (AvgIpc) is 2.90. The molecule has 5 heteroatoms. The minimum Gasteiger partial charge on any atom is -0.454 e. The standard InChI is InChI=1S/C12H9NO4/c1-7-9(12(14)17-13-7)4-8-2-3-10-11(5-8)16-6-15-10/h2-5,13H,1,6H2. The molecule has 0 saturated heterocycles. The smallest absolute Gasteiger partial charge is 0.365 e. The van der Waals surface area contributed by atoms with Gasteiger partial charge in [0.05, 0.1) is 10.6 Å². The van der Waals surface area contributed by atoms with E-state index >= 15 is 0 Å². The van der Waals surface area contributed by atoms with Crippen molar-refractivity contribution >= 4 is 12.7 Å². The lowest BCUT2D eigenvalue weighted by molar-refractivity contribution is 0.174. The first kappa shape index (κ1) is 9.77. The SMILES string of the molecule is C=c1[nH]oc(=O)c1=Cc1ccc2c(c1)OCO2. The maximum atomic E-state index is 11.4. The molecule has 0 fully saturated rings. The molecule has 0 spiro atoms. The molecule has 0 saturated carbocycles. The molecule has 2 aromatic rings. The molecule has 2 heterocycles. The molecule has 0 amide bonds. The largest absolute Gasteiger partial charge is 0.454 e. The number of nitrogens with one attached hydrogen (secondary N) is 1. The Bertz CT molecular complexity index is 695. The molecule has 0 radical (unpaired) electrons. The molecular weight excluding hydrogens is 222 g/mol. The summed E-state index contributed by atoms with van der Waals surface area (Å²) in [6.07, 6.45) is 1.69. The van der Waals surface area contributed by atoms with Crippen molar-refractivity contribution in [1.29, 1.82) is 0 Å².